The van der Waals surface area contributed by atoms with Gasteiger partial charge < -0.3 is 5.32 Å². The second kappa shape index (κ2) is 8.10. The first-order chi connectivity index (χ1) is 13.4. The third-order valence-electron chi connectivity index (χ3n) is 4.25. The molecule has 1 aliphatic carbocycles. The Labute approximate surface area is 180 Å². The van der Waals surface area contributed by atoms with Gasteiger partial charge in [-0.05, 0) is 48.6 Å². The van der Waals surface area contributed by atoms with Crippen molar-refractivity contribution in [2.24, 2.45) is 5.92 Å². The van der Waals surface area contributed by atoms with Crippen LogP contribution in [0.2, 0.25) is 10.0 Å². The molecule has 0 spiro atoms. The van der Waals surface area contributed by atoms with Gasteiger partial charge in [0.15, 0.2) is 4.34 Å². The van der Waals surface area contributed by atoms with E-state index in [4.69, 9.17) is 33.2 Å². The lowest BCUT2D eigenvalue weighted by Crippen LogP contribution is -2.11. The Bertz CT molecular complexity index is 1050. The van der Waals surface area contributed by atoms with Crippen molar-refractivity contribution in [1.82, 2.24) is 20.2 Å². The molecule has 0 aliphatic heterocycles. The number of carbonyl (C=O) groups excluding carboxylic acids is 1. The average molecular weight is 454 g/mol. The number of benzene rings is 1. The molecule has 10 heteroatoms. The van der Waals surface area contributed by atoms with Gasteiger partial charge in [0.05, 0.1) is 26.8 Å². The fourth-order valence-corrected chi connectivity index (χ4v) is 4.87. The minimum Gasteiger partial charge on any atom is -0.300 e. The summed E-state index contributed by atoms with van der Waals surface area (Å²) >= 11 is 15.0. The van der Waals surface area contributed by atoms with Gasteiger partial charge in [-0.25, -0.2) is 9.97 Å². The van der Waals surface area contributed by atoms with Crippen molar-refractivity contribution >= 4 is 68.4 Å². The number of amides is 1. The predicted molar refractivity (Wildman–Crippen MR) is 114 cm³/mol. The van der Waals surface area contributed by atoms with Crippen LogP contribution in [0.5, 0.6) is 0 Å². The maximum atomic E-state index is 12.0. The Morgan fingerprint density at radius 3 is 2.54 bits per heavy atom. The number of hydrogen-bond donors (Lipinski definition) is 1. The molecule has 1 saturated carbocycles. The molecular weight excluding hydrogens is 437 g/mol. The Morgan fingerprint density at radius 2 is 1.89 bits per heavy atom. The summed E-state index contributed by atoms with van der Waals surface area (Å²) in [5, 5.41) is 13.2. The van der Waals surface area contributed by atoms with Crippen LogP contribution in [0.4, 0.5) is 5.13 Å². The van der Waals surface area contributed by atoms with E-state index in [0.29, 0.717) is 42.9 Å². The number of aromatic nitrogens is 4. The normalized spacial score (nSPS) is 14.0. The molecule has 2 aromatic heterocycles. The van der Waals surface area contributed by atoms with Gasteiger partial charge in [-0.3, -0.25) is 4.79 Å². The summed E-state index contributed by atoms with van der Waals surface area (Å²) in [6, 6.07) is 3.44. The standard InChI is InChI=1S/C18H17Cl2N5OS2/c1-8(2)15-16(22-13-7-11(20)10(19)6-12(13)21-15)27-18-25-24-17(28-18)23-14(26)5-9-3-4-9/h6-9H,3-5H2,1-2H3,(H,23,24,26). The molecule has 146 valence electrons. The molecule has 0 unspecified atom stereocenters. The summed E-state index contributed by atoms with van der Waals surface area (Å²) in [4.78, 5) is 21.4. The Balaban J connectivity index is 1.58. The molecule has 3 aromatic rings. The van der Waals surface area contributed by atoms with Crippen LogP contribution in [-0.4, -0.2) is 26.1 Å². The van der Waals surface area contributed by atoms with Gasteiger partial charge in [-0.1, -0.05) is 48.4 Å². The monoisotopic (exact) mass is 453 g/mol. The molecule has 4 rings (SSSR count). The lowest BCUT2D eigenvalue weighted by Gasteiger charge is -2.11. The molecule has 28 heavy (non-hydrogen) atoms. The highest BCUT2D eigenvalue weighted by atomic mass is 35.5. The molecule has 0 atom stereocenters. The van der Waals surface area contributed by atoms with E-state index in [-0.39, 0.29) is 11.8 Å². The molecule has 1 amide bonds. The van der Waals surface area contributed by atoms with E-state index in [2.05, 4.69) is 29.4 Å². The lowest BCUT2D eigenvalue weighted by atomic mass is 10.1. The van der Waals surface area contributed by atoms with Crippen LogP contribution < -0.4 is 5.32 Å². The van der Waals surface area contributed by atoms with Gasteiger partial charge in [-0.15, -0.1) is 10.2 Å². The zero-order valence-electron chi connectivity index (χ0n) is 15.2. The van der Waals surface area contributed by atoms with Crippen molar-refractivity contribution in [3.8, 4) is 0 Å². The van der Waals surface area contributed by atoms with Crippen LogP contribution in [0.1, 0.15) is 44.7 Å². The first-order valence-corrected chi connectivity index (χ1v) is 11.3. The van der Waals surface area contributed by atoms with Crippen molar-refractivity contribution in [1.29, 1.82) is 0 Å². The zero-order chi connectivity index (χ0) is 19.8. The lowest BCUT2D eigenvalue weighted by molar-refractivity contribution is -0.116. The summed E-state index contributed by atoms with van der Waals surface area (Å²) in [6.45, 7) is 4.11. The highest BCUT2D eigenvalue weighted by Gasteiger charge is 2.25. The topological polar surface area (TPSA) is 80.7 Å². The molecule has 1 aromatic carbocycles. The first kappa shape index (κ1) is 19.8. The minimum atomic E-state index is -0.00455. The summed E-state index contributed by atoms with van der Waals surface area (Å²) in [5.41, 5.74) is 2.22. The van der Waals surface area contributed by atoms with E-state index >= 15 is 0 Å². The molecule has 1 aliphatic rings. The number of anilines is 1. The maximum absolute atomic E-state index is 12.0. The summed E-state index contributed by atoms with van der Waals surface area (Å²) in [7, 11) is 0. The van der Waals surface area contributed by atoms with Gasteiger partial charge in [0.25, 0.3) is 0 Å². The van der Waals surface area contributed by atoms with Crippen molar-refractivity contribution in [2.75, 3.05) is 5.32 Å². The van der Waals surface area contributed by atoms with E-state index in [1.807, 2.05) is 0 Å². The van der Waals surface area contributed by atoms with E-state index in [9.17, 15) is 4.79 Å². The van der Waals surface area contributed by atoms with Gasteiger partial charge in [0.1, 0.15) is 5.03 Å². The largest absolute Gasteiger partial charge is 0.300 e. The van der Waals surface area contributed by atoms with Crippen LogP contribution >= 0.6 is 46.3 Å². The third-order valence-corrected chi connectivity index (χ3v) is 6.86. The molecular formula is C18H17Cl2N5OS2. The van der Waals surface area contributed by atoms with Gasteiger partial charge in [0.2, 0.25) is 11.0 Å². The van der Waals surface area contributed by atoms with Crippen LogP contribution in [0, 0.1) is 5.92 Å². The predicted octanol–water partition coefficient (Wildman–Crippen LogP) is 5.80. The highest BCUT2D eigenvalue weighted by molar-refractivity contribution is 8.01. The Morgan fingerprint density at radius 1 is 1.21 bits per heavy atom. The van der Waals surface area contributed by atoms with Crippen LogP contribution in [0.25, 0.3) is 11.0 Å². The number of rotatable bonds is 6. The molecule has 1 fully saturated rings. The summed E-state index contributed by atoms with van der Waals surface area (Å²) in [5.74, 6) is 0.693. The molecule has 0 radical (unpaired) electrons. The number of carbonyl (C=O) groups is 1. The van der Waals surface area contributed by atoms with Gasteiger partial charge in [0, 0.05) is 6.42 Å². The molecule has 0 bridgehead atoms. The quantitative estimate of drug-likeness (QED) is 0.474. The van der Waals surface area contributed by atoms with Crippen molar-refractivity contribution < 1.29 is 4.79 Å². The molecule has 0 saturated heterocycles. The van der Waals surface area contributed by atoms with Gasteiger partial charge >= 0.3 is 0 Å². The minimum absolute atomic E-state index is 0.00455. The van der Waals surface area contributed by atoms with E-state index in [1.54, 1.807) is 12.1 Å². The Kier molecular flexibility index (Phi) is 5.73. The van der Waals surface area contributed by atoms with Crippen molar-refractivity contribution in [3.63, 3.8) is 0 Å². The van der Waals surface area contributed by atoms with Crippen LogP contribution in [0.15, 0.2) is 21.5 Å². The third kappa shape index (κ3) is 4.56. The number of hydrogen-bond acceptors (Lipinski definition) is 7. The molecule has 2 heterocycles. The van der Waals surface area contributed by atoms with E-state index in [0.717, 1.165) is 23.6 Å². The second-order valence-corrected chi connectivity index (χ2v) is 10.0. The van der Waals surface area contributed by atoms with Crippen molar-refractivity contribution in [2.45, 2.75) is 48.4 Å². The van der Waals surface area contributed by atoms with Crippen LogP contribution in [-0.2, 0) is 4.79 Å². The fourth-order valence-electron chi connectivity index (χ4n) is 2.64. The number of nitrogens with one attached hydrogen (secondary N) is 1. The molecule has 1 N–H and O–H groups in total. The van der Waals surface area contributed by atoms with Crippen molar-refractivity contribution in [3.05, 3.63) is 27.9 Å². The SMILES string of the molecule is CC(C)c1nc2cc(Cl)c(Cl)cc2nc1Sc1nnc(NC(=O)CC2CC2)s1. The second-order valence-electron chi connectivity index (χ2n) is 6.99. The van der Waals surface area contributed by atoms with Crippen LogP contribution in [0.3, 0.4) is 0 Å². The fraction of sp³-hybridized carbons (Fsp3) is 0.389. The maximum Gasteiger partial charge on any atom is 0.226 e. The molecule has 6 nitrogen and oxygen atoms in total. The van der Waals surface area contributed by atoms with E-state index in [1.165, 1.54) is 23.1 Å². The van der Waals surface area contributed by atoms with Gasteiger partial charge in [-0.2, -0.15) is 0 Å². The zero-order valence-corrected chi connectivity index (χ0v) is 18.3. The average Bonchev–Trinajstić information content (AvgIpc) is 3.33. The highest BCUT2D eigenvalue weighted by Crippen LogP contribution is 2.37. The van der Waals surface area contributed by atoms with E-state index < -0.39 is 0 Å². The Hall–Kier alpha value is -1.48. The summed E-state index contributed by atoms with van der Waals surface area (Å²) < 4.78 is 0.692. The smallest absolute Gasteiger partial charge is 0.226 e. The number of fused-ring (bicyclic) bond motifs is 1. The first-order valence-electron chi connectivity index (χ1n) is 8.87. The number of halogens is 2. The summed E-state index contributed by atoms with van der Waals surface area (Å²) in [6.07, 6.45) is 2.83. The number of nitrogens with zero attached hydrogens (tertiary/aromatic N) is 4.